The number of carboxylic acid groups (broad SMARTS) is 1. The molecule has 0 aromatic carbocycles. The maximum Gasteiger partial charge on any atom is 0.472 e. The van der Waals surface area contributed by atoms with Gasteiger partial charge in [-0.05, 0) is 89.9 Å². The SMILES string of the molecule is CCCCCCCCC/C=C/C/C=C/C/C=C/C/C=C/CCCC(=O)OC[C@H](COP(=O)(O)OC[C@H](N)C(=O)O)OC(=O)CCC/C=C/C/C=C/C/C=C/C/C=C/CCCCCCCCC. The molecule has 12 heteroatoms. The van der Waals surface area contributed by atoms with E-state index in [1.165, 1.54) is 96.3 Å². The van der Waals surface area contributed by atoms with E-state index in [0.717, 1.165) is 44.9 Å². The Labute approximate surface area is 400 Å². The minimum absolute atomic E-state index is 0.0684. The Morgan fingerprint density at radius 1 is 0.470 bits per heavy atom. The summed E-state index contributed by atoms with van der Waals surface area (Å²) < 4.78 is 32.7. The van der Waals surface area contributed by atoms with E-state index in [1.807, 2.05) is 18.2 Å². The van der Waals surface area contributed by atoms with E-state index in [1.54, 1.807) is 0 Å². The highest BCUT2D eigenvalue weighted by Crippen LogP contribution is 2.43. The van der Waals surface area contributed by atoms with Gasteiger partial charge in [-0.2, -0.15) is 0 Å². The van der Waals surface area contributed by atoms with E-state index in [0.29, 0.717) is 25.7 Å². The summed E-state index contributed by atoms with van der Waals surface area (Å²) >= 11 is 0. The summed E-state index contributed by atoms with van der Waals surface area (Å²) in [4.78, 5) is 46.1. The molecule has 0 heterocycles. The number of phosphoric ester groups is 1. The van der Waals surface area contributed by atoms with Crippen molar-refractivity contribution in [1.29, 1.82) is 0 Å². The summed E-state index contributed by atoms with van der Waals surface area (Å²) in [6.45, 7) is 2.69. The van der Waals surface area contributed by atoms with Crippen LogP contribution < -0.4 is 5.73 Å². The lowest BCUT2D eigenvalue weighted by Gasteiger charge is -2.20. The zero-order valence-electron chi connectivity index (χ0n) is 41.0. The Hall–Kier alpha value is -3.60. The van der Waals surface area contributed by atoms with Crippen LogP contribution in [0.1, 0.15) is 194 Å². The average molecular weight is 944 g/mol. The molecule has 0 aliphatic rings. The van der Waals surface area contributed by atoms with Gasteiger partial charge in [0.1, 0.15) is 12.6 Å². The Bertz CT molecular complexity index is 1480. The summed E-state index contributed by atoms with van der Waals surface area (Å²) in [6, 6.07) is -1.54. The zero-order valence-corrected chi connectivity index (χ0v) is 41.9. The lowest BCUT2D eigenvalue weighted by atomic mass is 10.1. The number of hydrogen-bond donors (Lipinski definition) is 3. The standard InChI is InChI=1S/C54H90NO10P/c1-3-5-7-9-11-13-15-17-19-21-23-25-27-29-31-33-35-37-39-41-43-45-52(56)62-47-50(48-63-66(60,61)64-49-51(55)54(58)59)65-53(57)46-44-42-40-38-36-34-32-30-28-26-24-22-20-18-16-14-12-10-8-6-4-2/h19-22,25-28,31-34,37-40,50-51H,3-18,23-24,29-30,35-36,41-49,55H2,1-2H3,(H,58,59)(H,60,61)/b21-19+,22-20+,27-25+,28-26+,33-31+,34-32+,39-37+,40-38+/t50-,51+/m1/s1. The van der Waals surface area contributed by atoms with E-state index in [4.69, 9.17) is 24.8 Å². The Kier molecular flexibility index (Phi) is 45.3. The molecule has 0 aliphatic carbocycles. The molecule has 0 bridgehead atoms. The molecule has 3 atom stereocenters. The molecule has 0 rings (SSSR count). The number of unbranched alkanes of at least 4 members (excludes halogenated alkanes) is 16. The first kappa shape index (κ1) is 62.4. The fourth-order valence-corrected chi connectivity index (χ4v) is 7.12. The first-order chi connectivity index (χ1) is 32.1. The minimum atomic E-state index is -4.76. The number of rotatable bonds is 46. The molecule has 0 saturated carbocycles. The lowest BCUT2D eigenvalue weighted by molar-refractivity contribution is -0.161. The van der Waals surface area contributed by atoms with E-state index in [9.17, 15) is 23.8 Å². The summed E-state index contributed by atoms with van der Waals surface area (Å²) in [6.07, 6.45) is 62.1. The molecule has 1 unspecified atom stereocenters. The number of carbonyl (C=O) groups excluding carboxylic acids is 2. The molecule has 4 N–H and O–H groups in total. The minimum Gasteiger partial charge on any atom is -0.480 e. The van der Waals surface area contributed by atoms with Crippen LogP contribution in [0.3, 0.4) is 0 Å². The molecule has 0 saturated heterocycles. The second-order valence-electron chi connectivity index (χ2n) is 16.6. The molecular weight excluding hydrogens is 854 g/mol. The first-order valence-electron chi connectivity index (χ1n) is 25.3. The molecular formula is C54H90NO10P. The van der Waals surface area contributed by atoms with Gasteiger partial charge in [-0.3, -0.25) is 23.4 Å². The summed E-state index contributed by atoms with van der Waals surface area (Å²) in [7, 11) is -4.76. The number of ether oxygens (including phenoxy) is 2. The molecule has 0 fully saturated rings. The van der Waals surface area contributed by atoms with Crippen LogP contribution in [0.25, 0.3) is 0 Å². The van der Waals surface area contributed by atoms with Crippen molar-refractivity contribution in [3.8, 4) is 0 Å². The van der Waals surface area contributed by atoms with Crippen LogP contribution >= 0.6 is 7.82 Å². The summed E-state index contributed by atoms with van der Waals surface area (Å²) in [5.74, 6) is -2.53. The summed E-state index contributed by atoms with van der Waals surface area (Å²) in [5.41, 5.74) is 5.34. The molecule has 0 amide bonds. The van der Waals surface area contributed by atoms with E-state index < -0.39 is 57.7 Å². The van der Waals surface area contributed by atoms with Crippen LogP contribution in [0.4, 0.5) is 0 Å². The van der Waals surface area contributed by atoms with Crippen molar-refractivity contribution in [3.05, 3.63) is 97.2 Å². The molecule has 11 nitrogen and oxygen atoms in total. The lowest BCUT2D eigenvalue weighted by Crippen LogP contribution is -2.34. The van der Waals surface area contributed by atoms with Crippen LogP contribution in [0.15, 0.2) is 97.2 Å². The van der Waals surface area contributed by atoms with Crippen molar-refractivity contribution in [2.45, 2.75) is 206 Å². The van der Waals surface area contributed by atoms with E-state index in [2.05, 4.69) is 97.4 Å². The predicted octanol–water partition coefficient (Wildman–Crippen LogP) is 14.4. The molecule has 0 radical (unpaired) electrons. The highest BCUT2D eigenvalue weighted by atomic mass is 31.2. The smallest absolute Gasteiger partial charge is 0.472 e. The number of esters is 2. The van der Waals surface area contributed by atoms with Gasteiger partial charge < -0.3 is 25.2 Å². The molecule has 0 spiro atoms. The van der Waals surface area contributed by atoms with Gasteiger partial charge in [0.2, 0.25) is 0 Å². The maximum absolute atomic E-state index is 12.7. The van der Waals surface area contributed by atoms with Gasteiger partial charge in [0.25, 0.3) is 0 Å². The fraction of sp³-hybridized carbons (Fsp3) is 0.648. The van der Waals surface area contributed by atoms with Gasteiger partial charge in [-0.15, -0.1) is 0 Å². The quantitative estimate of drug-likeness (QED) is 0.0229. The van der Waals surface area contributed by atoms with Crippen molar-refractivity contribution < 1.29 is 47.5 Å². The van der Waals surface area contributed by atoms with Gasteiger partial charge in [0.15, 0.2) is 6.10 Å². The van der Waals surface area contributed by atoms with Crippen molar-refractivity contribution in [1.82, 2.24) is 0 Å². The second kappa shape index (κ2) is 47.9. The number of hydrogen-bond acceptors (Lipinski definition) is 9. The normalized spacial score (nSPS) is 14.4. The summed E-state index contributed by atoms with van der Waals surface area (Å²) in [5, 5.41) is 8.92. The van der Waals surface area contributed by atoms with Gasteiger partial charge in [0, 0.05) is 12.8 Å². The van der Waals surface area contributed by atoms with Crippen LogP contribution in [0.2, 0.25) is 0 Å². The van der Waals surface area contributed by atoms with Crippen molar-refractivity contribution in [2.75, 3.05) is 19.8 Å². The third-order valence-electron chi connectivity index (χ3n) is 10.3. The number of allylic oxidation sites excluding steroid dienone is 16. The van der Waals surface area contributed by atoms with Gasteiger partial charge in [0.05, 0.1) is 13.2 Å². The highest BCUT2D eigenvalue weighted by molar-refractivity contribution is 7.47. The zero-order chi connectivity index (χ0) is 48.4. The van der Waals surface area contributed by atoms with Crippen LogP contribution in [-0.2, 0) is 37.5 Å². The van der Waals surface area contributed by atoms with Crippen molar-refractivity contribution in [3.63, 3.8) is 0 Å². The van der Waals surface area contributed by atoms with Crippen LogP contribution in [0, 0.1) is 0 Å². The van der Waals surface area contributed by atoms with E-state index in [-0.39, 0.29) is 12.8 Å². The van der Waals surface area contributed by atoms with Crippen LogP contribution in [0.5, 0.6) is 0 Å². The third-order valence-corrected chi connectivity index (χ3v) is 11.3. The fourth-order valence-electron chi connectivity index (χ4n) is 6.34. The molecule has 0 aromatic rings. The number of phosphoric acid groups is 1. The van der Waals surface area contributed by atoms with Gasteiger partial charge in [-0.25, -0.2) is 4.57 Å². The average Bonchev–Trinajstić information content (AvgIpc) is 3.30. The number of carboxylic acids is 1. The Morgan fingerprint density at radius 3 is 1.20 bits per heavy atom. The number of nitrogens with two attached hydrogens (primary N) is 1. The molecule has 66 heavy (non-hydrogen) atoms. The molecule has 376 valence electrons. The second-order valence-corrected chi connectivity index (χ2v) is 18.0. The largest absolute Gasteiger partial charge is 0.480 e. The number of carbonyl (C=O) groups is 3. The maximum atomic E-state index is 12.7. The topological polar surface area (TPSA) is 172 Å². The Morgan fingerprint density at radius 2 is 0.803 bits per heavy atom. The number of aliphatic carboxylic acids is 1. The molecule has 0 aromatic heterocycles. The van der Waals surface area contributed by atoms with E-state index >= 15 is 0 Å². The Balaban J connectivity index is 4.48. The van der Waals surface area contributed by atoms with Crippen molar-refractivity contribution in [2.24, 2.45) is 5.73 Å². The van der Waals surface area contributed by atoms with Crippen molar-refractivity contribution >= 4 is 25.7 Å². The van der Waals surface area contributed by atoms with Crippen LogP contribution in [-0.4, -0.2) is 59.9 Å². The monoisotopic (exact) mass is 944 g/mol. The van der Waals surface area contributed by atoms with Gasteiger partial charge in [-0.1, -0.05) is 188 Å². The first-order valence-corrected chi connectivity index (χ1v) is 26.8. The van der Waals surface area contributed by atoms with Gasteiger partial charge >= 0.3 is 25.7 Å². The third kappa shape index (κ3) is 46.9. The predicted molar refractivity (Wildman–Crippen MR) is 272 cm³/mol. The molecule has 0 aliphatic heterocycles. The highest BCUT2D eigenvalue weighted by Gasteiger charge is 2.28.